The van der Waals surface area contributed by atoms with Crippen LogP contribution in [0.25, 0.3) is 0 Å². The normalized spacial score (nSPS) is 10.3. The van der Waals surface area contributed by atoms with Crippen molar-refractivity contribution in [3.8, 4) is 17.5 Å². The monoisotopic (exact) mass is 378 g/mol. The predicted octanol–water partition coefficient (Wildman–Crippen LogP) is 0.443. The molecule has 0 fully saturated rings. The second kappa shape index (κ2) is 8.61. The van der Waals surface area contributed by atoms with Gasteiger partial charge in [-0.1, -0.05) is 6.07 Å². The Morgan fingerprint density at radius 2 is 1.70 bits per heavy atom. The Balaban J connectivity index is 1.80. The van der Waals surface area contributed by atoms with Crippen molar-refractivity contribution in [1.29, 1.82) is 0 Å². The van der Waals surface area contributed by atoms with Crippen LogP contribution in [0.15, 0.2) is 30.3 Å². The first-order valence-electron chi connectivity index (χ1n) is 7.79. The van der Waals surface area contributed by atoms with E-state index in [1.807, 2.05) is 0 Å². The maximum atomic E-state index is 11.8. The predicted molar refractivity (Wildman–Crippen MR) is 89.9 cm³/mol. The molecule has 2 rings (SSSR count). The van der Waals surface area contributed by atoms with E-state index in [1.165, 1.54) is 25.3 Å². The second-order valence-electron chi connectivity index (χ2n) is 5.43. The fourth-order valence-corrected chi connectivity index (χ4v) is 2.12. The molecule has 27 heavy (non-hydrogen) atoms. The van der Waals surface area contributed by atoms with Gasteiger partial charge in [-0.15, -0.1) is 4.73 Å². The molecule has 0 unspecified atom stereocenters. The van der Waals surface area contributed by atoms with Crippen LogP contribution in [0.5, 0.6) is 17.5 Å². The summed E-state index contributed by atoms with van der Waals surface area (Å²) >= 11 is 0. The lowest BCUT2D eigenvalue weighted by atomic mass is 10.1. The average Bonchev–Trinajstić information content (AvgIpc) is 2.96. The molecule has 0 atom stereocenters. The van der Waals surface area contributed by atoms with Gasteiger partial charge in [0.1, 0.15) is 11.3 Å². The summed E-state index contributed by atoms with van der Waals surface area (Å²) < 4.78 is 5.05. The van der Waals surface area contributed by atoms with E-state index in [9.17, 15) is 29.7 Å². The molecule has 144 valence electrons. The first kappa shape index (κ1) is 19.6. The van der Waals surface area contributed by atoms with E-state index in [0.717, 1.165) is 12.1 Å². The SMILES string of the molecule is COC(=O)c1ccc(CNC(=O)CCC(=O)On2c(O)ccc2O)cc1O. The number of methoxy groups -OCH3 is 1. The number of benzene rings is 1. The molecule has 0 aliphatic heterocycles. The Morgan fingerprint density at radius 1 is 1.04 bits per heavy atom. The van der Waals surface area contributed by atoms with Crippen molar-refractivity contribution in [2.45, 2.75) is 19.4 Å². The van der Waals surface area contributed by atoms with Crippen LogP contribution < -0.4 is 10.2 Å². The van der Waals surface area contributed by atoms with E-state index in [0.29, 0.717) is 10.3 Å². The first-order chi connectivity index (χ1) is 12.8. The summed E-state index contributed by atoms with van der Waals surface area (Å²) in [7, 11) is 1.19. The van der Waals surface area contributed by atoms with Gasteiger partial charge in [0.2, 0.25) is 17.7 Å². The number of carbonyl (C=O) groups excluding carboxylic acids is 3. The number of hydrogen-bond donors (Lipinski definition) is 4. The molecule has 10 nitrogen and oxygen atoms in total. The number of nitrogens with zero attached hydrogens (tertiary/aromatic N) is 1. The highest BCUT2D eigenvalue weighted by Gasteiger charge is 2.15. The van der Waals surface area contributed by atoms with Crippen LogP contribution in [0.2, 0.25) is 0 Å². The fraction of sp³-hybridized carbons (Fsp3) is 0.235. The summed E-state index contributed by atoms with van der Waals surface area (Å²) in [6.45, 7) is 0.0715. The van der Waals surface area contributed by atoms with Gasteiger partial charge in [-0.2, -0.15) is 0 Å². The van der Waals surface area contributed by atoms with E-state index in [4.69, 9.17) is 4.84 Å². The Bertz CT molecular complexity index is 839. The summed E-state index contributed by atoms with van der Waals surface area (Å²) in [5.41, 5.74) is 0.546. The molecule has 0 saturated carbocycles. The smallest absolute Gasteiger partial charge is 0.341 e. The van der Waals surface area contributed by atoms with Crippen molar-refractivity contribution in [2.75, 3.05) is 7.11 Å². The molecule has 0 aliphatic carbocycles. The minimum Gasteiger partial charge on any atom is -0.507 e. The number of amides is 1. The molecular weight excluding hydrogens is 360 g/mol. The number of phenolic OH excluding ortho intramolecular Hbond substituents is 1. The van der Waals surface area contributed by atoms with Gasteiger partial charge in [-0.25, -0.2) is 9.59 Å². The van der Waals surface area contributed by atoms with Crippen LogP contribution in [0, 0.1) is 0 Å². The summed E-state index contributed by atoms with van der Waals surface area (Å²) in [5.74, 6) is -3.15. The average molecular weight is 378 g/mol. The number of rotatable bonds is 7. The molecule has 1 aromatic heterocycles. The molecule has 2 aromatic rings. The number of esters is 1. The third kappa shape index (κ3) is 5.14. The maximum absolute atomic E-state index is 11.8. The van der Waals surface area contributed by atoms with Crippen molar-refractivity contribution >= 4 is 17.8 Å². The lowest BCUT2D eigenvalue weighted by Crippen LogP contribution is -2.25. The summed E-state index contributed by atoms with van der Waals surface area (Å²) in [5, 5.41) is 31.0. The number of nitrogens with one attached hydrogen (secondary N) is 1. The zero-order valence-electron chi connectivity index (χ0n) is 14.3. The second-order valence-corrected chi connectivity index (χ2v) is 5.43. The number of aromatic hydroxyl groups is 3. The highest BCUT2D eigenvalue weighted by atomic mass is 16.7. The van der Waals surface area contributed by atoms with Crippen LogP contribution in [-0.2, 0) is 20.9 Å². The zero-order chi connectivity index (χ0) is 20.0. The molecule has 0 radical (unpaired) electrons. The standard InChI is InChI=1S/C17H18N2O8/c1-26-17(25)11-3-2-10(8-12(11)20)9-18-13(21)4-7-16(24)27-19-14(22)5-6-15(19)23/h2-3,5-6,8,20,22-23H,4,7,9H2,1H3,(H,18,21). The van der Waals surface area contributed by atoms with Crippen molar-refractivity contribution in [3.63, 3.8) is 0 Å². The van der Waals surface area contributed by atoms with E-state index >= 15 is 0 Å². The van der Waals surface area contributed by atoms with E-state index in [-0.39, 0.29) is 30.7 Å². The highest BCUT2D eigenvalue weighted by Crippen LogP contribution is 2.20. The minimum absolute atomic E-state index is 0.00633. The molecule has 1 heterocycles. The van der Waals surface area contributed by atoms with Crippen LogP contribution in [-0.4, -0.2) is 45.0 Å². The molecule has 1 amide bonds. The summed E-state index contributed by atoms with van der Waals surface area (Å²) in [4.78, 5) is 39.5. The van der Waals surface area contributed by atoms with Crippen LogP contribution in [0.4, 0.5) is 0 Å². The number of phenols is 1. The maximum Gasteiger partial charge on any atom is 0.341 e. The van der Waals surface area contributed by atoms with Crippen LogP contribution in [0.1, 0.15) is 28.8 Å². The Hall–Kier alpha value is -3.69. The summed E-state index contributed by atoms with van der Waals surface area (Å²) in [6.07, 6.45) is -0.469. The largest absolute Gasteiger partial charge is 0.507 e. The lowest BCUT2D eigenvalue weighted by molar-refractivity contribution is -0.146. The third-order valence-corrected chi connectivity index (χ3v) is 3.50. The molecule has 0 aliphatic rings. The number of ether oxygens (including phenoxy) is 1. The van der Waals surface area contributed by atoms with Crippen LogP contribution in [0.3, 0.4) is 0 Å². The number of aromatic nitrogens is 1. The van der Waals surface area contributed by atoms with Gasteiger partial charge >= 0.3 is 11.9 Å². The van der Waals surface area contributed by atoms with Crippen LogP contribution >= 0.6 is 0 Å². The molecule has 0 spiro atoms. The van der Waals surface area contributed by atoms with Gasteiger partial charge in [0, 0.05) is 25.1 Å². The highest BCUT2D eigenvalue weighted by molar-refractivity contribution is 5.92. The van der Waals surface area contributed by atoms with Crippen molar-refractivity contribution < 1.29 is 39.3 Å². The van der Waals surface area contributed by atoms with Gasteiger partial charge in [0.25, 0.3) is 0 Å². The van der Waals surface area contributed by atoms with Crippen molar-refractivity contribution in [3.05, 3.63) is 41.5 Å². The first-order valence-corrected chi connectivity index (χ1v) is 7.79. The van der Waals surface area contributed by atoms with Gasteiger partial charge in [0.05, 0.1) is 13.5 Å². The van der Waals surface area contributed by atoms with Crippen molar-refractivity contribution in [2.24, 2.45) is 0 Å². The molecule has 4 N–H and O–H groups in total. The van der Waals surface area contributed by atoms with Crippen molar-refractivity contribution in [1.82, 2.24) is 10.0 Å². The molecule has 0 saturated heterocycles. The Labute approximate surface area is 153 Å². The van der Waals surface area contributed by atoms with E-state index < -0.39 is 29.6 Å². The quantitative estimate of drug-likeness (QED) is 0.508. The third-order valence-electron chi connectivity index (χ3n) is 3.50. The lowest BCUT2D eigenvalue weighted by Gasteiger charge is -2.08. The molecule has 1 aromatic carbocycles. The molecule has 10 heteroatoms. The minimum atomic E-state index is -0.827. The van der Waals surface area contributed by atoms with E-state index in [1.54, 1.807) is 0 Å². The Kier molecular flexibility index (Phi) is 6.26. The van der Waals surface area contributed by atoms with E-state index in [2.05, 4.69) is 10.1 Å². The topological polar surface area (TPSA) is 147 Å². The van der Waals surface area contributed by atoms with Gasteiger partial charge in [0.15, 0.2) is 0 Å². The fourth-order valence-electron chi connectivity index (χ4n) is 2.12. The molecule has 0 bridgehead atoms. The number of hydrogen-bond acceptors (Lipinski definition) is 8. The Morgan fingerprint density at radius 3 is 2.30 bits per heavy atom. The zero-order valence-corrected chi connectivity index (χ0v) is 14.3. The molecular formula is C17H18N2O8. The van der Waals surface area contributed by atoms with Gasteiger partial charge in [-0.05, 0) is 17.7 Å². The van der Waals surface area contributed by atoms with Gasteiger partial charge < -0.3 is 30.2 Å². The summed E-state index contributed by atoms with van der Waals surface area (Å²) in [6, 6.07) is 6.50. The number of carbonyl (C=O) groups is 3. The van der Waals surface area contributed by atoms with Gasteiger partial charge in [-0.3, -0.25) is 4.79 Å².